The molecule has 1 aromatic heterocycles. The summed E-state index contributed by atoms with van der Waals surface area (Å²) in [7, 11) is 1.70. The third-order valence-corrected chi connectivity index (χ3v) is 4.55. The molecule has 1 aromatic carbocycles. The summed E-state index contributed by atoms with van der Waals surface area (Å²) in [6.45, 7) is 3.30. The summed E-state index contributed by atoms with van der Waals surface area (Å²) in [4.78, 5) is 3.29. The lowest BCUT2D eigenvalue weighted by molar-refractivity contribution is 0.391. The largest absolute Gasteiger partial charge is 0.494 e. The molecule has 0 amide bonds. The van der Waals surface area contributed by atoms with Crippen molar-refractivity contribution in [1.82, 2.24) is 9.55 Å². The molecule has 1 aliphatic carbocycles. The number of para-hydroxylation sites is 1. The van der Waals surface area contributed by atoms with Crippen molar-refractivity contribution >= 4 is 23.3 Å². The second-order valence-corrected chi connectivity index (χ2v) is 6.01. The summed E-state index contributed by atoms with van der Waals surface area (Å²) in [5.74, 6) is 0.864. The molecule has 0 unspecified atom stereocenters. The van der Waals surface area contributed by atoms with Gasteiger partial charge in [-0.3, -0.25) is 0 Å². The standard InChI is InChI=1S/C15H20N2OS/c1-3-7-15(8-9-15)10-17-11-5-4-6-12(18-2)13(11)16-14(17)19/h4-6H,3,7-10H2,1-2H3,(H,16,19). The Bertz CT molecular complexity index is 652. The fourth-order valence-electron chi connectivity index (χ4n) is 3.01. The first kappa shape index (κ1) is 12.7. The number of aromatic amines is 1. The fraction of sp³-hybridized carbons (Fsp3) is 0.533. The maximum Gasteiger partial charge on any atom is 0.178 e. The topological polar surface area (TPSA) is 29.9 Å². The van der Waals surface area contributed by atoms with Gasteiger partial charge in [0.2, 0.25) is 0 Å². The highest BCUT2D eigenvalue weighted by Crippen LogP contribution is 2.51. The molecule has 1 fully saturated rings. The van der Waals surface area contributed by atoms with Crippen molar-refractivity contribution in [2.75, 3.05) is 7.11 Å². The van der Waals surface area contributed by atoms with Gasteiger partial charge >= 0.3 is 0 Å². The molecule has 3 rings (SSSR count). The van der Waals surface area contributed by atoms with Gasteiger partial charge in [0.05, 0.1) is 12.6 Å². The molecule has 0 atom stereocenters. The van der Waals surface area contributed by atoms with Crippen LogP contribution in [0.4, 0.5) is 0 Å². The van der Waals surface area contributed by atoms with E-state index in [4.69, 9.17) is 17.0 Å². The van der Waals surface area contributed by atoms with Gasteiger partial charge in [-0.2, -0.15) is 0 Å². The van der Waals surface area contributed by atoms with E-state index in [2.05, 4.69) is 22.5 Å². The van der Waals surface area contributed by atoms with E-state index in [1.54, 1.807) is 7.11 Å². The van der Waals surface area contributed by atoms with Crippen LogP contribution in [-0.2, 0) is 6.54 Å². The van der Waals surface area contributed by atoms with Gasteiger partial charge in [0.25, 0.3) is 0 Å². The number of benzene rings is 1. The number of hydrogen-bond acceptors (Lipinski definition) is 2. The normalized spacial score (nSPS) is 16.7. The van der Waals surface area contributed by atoms with E-state index in [1.807, 2.05) is 12.1 Å². The van der Waals surface area contributed by atoms with Crippen LogP contribution in [0.25, 0.3) is 11.0 Å². The van der Waals surface area contributed by atoms with Crippen molar-refractivity contribution in [3.8, 4) is 5.75 Å². The molecule has 0 spiro atoms. The van der Waals surface area contributed by atoms with Crippen molar-refractivity contribution < 1.29 is 4.74 Å². The molecule has 4 heteroatoms. The quantitative estimate of drug-likeness (QED) is 0.826. The summed E-state index contributed by atoms with van der Waals surface area (Å²) >= 11 is 5.49. The molecular weight excluding hydrogens is 256 g/mol. The molecule has 0 saturated heterocycles. The molecule has 0 aliphatic heterocycles. The molecule has 1 saturated carbocycles. The minimum atomic E-state index is 0.491. The molecule has 0 radical (unpaired) electrons. The van der Waals surface area contributed by atoms with Crippen LogP contribution in [0.2, 0.25) is 0 Å². The van der Waals surface area contributed by atoms with Crippen molar-refractivity contribution in [1.29, 1.82) is 0 Å². The number of rotatable bonds is 5. The summed E-state index contributed by atoms with van der Waals surface area (Å²) in [6, 6.07) is 6.11. The lowest BCUT2D eigenvalue weighted by atomic mass is 10.0. The van der Waals surface area contributed by atoms with Crippen molar-refractivity contribution in [3.63, 3.8) is 0 Å². The Morgan fingerprint density at radius 2 is 2.21 bits per heavy atom. The minimum absolute atomic E-state index is 0.491. The highest BCUT2D eigenvalue weighted by Gasteiger charge is 2.42. The second kappa shape index (κ2) is 4.67. The number of H-pyrrole nitrogens is 1. The van der Waals surface area contributed by atoms with E-state index in [0.29, 0.717) is 5.41 Å². The van der Waals surface area contributed by atoms with Gasteiger partial charge in [-0.25, -0.2) is 0 Å². The Morgan fingerprint density at radius 1 is 1.42 bits per heavy atom. The third kappa shape index (κ3) is 2.18. The number of aromatic nitrogens is 2. The van der Waals surface area contributed by atoms with Crippen LogP contribution < -0.4 is 4.74 Å². The minimum Gasteiger partial charge on any atom is -0.494 e. The number of fused-ring (bicyclic) bond motifs is 1. The predicted octanol–water partition coefficient (Wildman–Crippen LogP) is 4.29. The van der Waals surface area contributed by atoms with Crippen LogP contribution in [0.1, 0.15) is 32.6 Å². The van der Waals surface area contributed by atoms with E-state index < -0.39 is 0 Å². The SMILES string of the molecule is CCCC1(Cn2c(=S)[nH]c3c(OC)cccc32)CC1. The monoisotopic (exact) mass is 276 g/mol. The number of nitrogens with one attached hydrogen (secondary N) is 1. The van der Waals surface area contributed by atoms with Gasteiger partial charge in [0.15, 0.2) is 4.77 Å². The van der Waals surface area contributed by atoms with Gasteiger partial charge in [-0.05, 0) is 49.0 Å². The first-order valence-electron chi connectivity index (χ1n) is 6.95. The first-order chi connectivity index (χ1) is 9.19. The Labute approximate surface area is 118 Å². The highest BCUT2D eigenvalue weighted by atomic mass is 32.1. The van der Waals surface area contributed by atoms with Gasteiger partial charge in [0, 0.05) is 6.54 Å². The Balaban J connectivity index is 2.04. The molecule has 1 aliphatic rings. The number of ether oxygens (including phenoxy) is 1. The maximum atomic E-state index is 5.49. The van der Waals surface area contributed by atoms with E-state index in [9.17, 15) is 0 Å². The zero-order valence-electron chi connectivity index (χ0n) is 11.5. The Kier molecular flexibility index (Phi) is 3.13. The zero-order chi connectivity index (χ0) is 13.5. The molecule has 1 N–H and O–H groups in total. The molecule has 2 aromatic rings. The van der Waals surface area contributed by atoms with Crippen LogP contribution >= 0.6 is 12.2 Å². The lowest BCUT2D eigenvalue weighted by Gasteiger charge is -2.15. The van der Waals surface area contributed by atoms with Crippen LogP contribution in [-0.4, -0.2) is 16.7 Å². The van der Waals surface area contributed by atoms with Crippen molar-refractivity contribution in [2.45, 2.75) is 39.2 Å². The fourth-order valence-corrected chi connectivity index (χ4v) is 3.28. The van der Waals surface area contributed by atoms with Gasteiger partial charge in [-0.1, -0.05) is 19.4 Å². The van der Waals surface area contributed by atoms with Crippen molar-refractivity contribution in [3.05, 3.63) is 23.0 Å². The number of methoxy groups -OCH3 is 1. The first-order valence-corrected chi connectivity index (χ1v) is 7.35. The average Bonchev–Trinajstić information content (AvgIpc) is 3.09. The van der Waals surface area contributed by atoms with Crippen LogP contribution in [0.15, 0.2) is 18.2 Å². The van der Waals surface area contributed by atoms with Crippen LogP contribution in [0, 0.1) is 10.2 Å². The maximum absolute atomic E-state index is 5.49. The van der Waals surface area contributed by atoms with Gasteiger partial charge in [0.1, 0.15) is 11.3 Å². The summed E-state index contributed by atoms with van der Waals surface area (Å²) in [5, 5.41) is 0. The van der Waals surface area contributed by atoms with Crippen LogP contribution in [0.3, 0.4) is 0 Å². The number of hydrogen-bond donors (Lipinski definition) is 1. The van der Waals surface area contributed by atoms with Crippen LogP contribution in [0.5, 0.6) is 5.75 Å². The molecule has 0 bridgehead atoms. The van der Waals surface area contributed by atoms with E-state index in [-0.39, 0.29) is 0 Å². The molecule has 3 nitrogen and oxygen atoms in total. The highest BCUT2D eigenvalue weighted by molar-refractivity contribution is 7.71. The number of imidazole rings is 1. The third-order valence-electron chi connectivity index (χ3n) is 4.22. The Hall–Kier alpha value is -1.29. The van der Waals surface area contributed by atoms with Gasteiger partial charge in [-0.15, -0.1) is 0 Å². The summed E-state index contributed by atoms with van der Waals surface area (Å²) in [5.41, 5.74) is 2.67. The summed E-state index contributed by atoms with van der Waals surface area (Å²) < 4.78 is 8.45. The van der Waals surface area contributed by atoms with E-state index in [0.717, 1.165) is 28.1 Å². The molecule has 102 valence electrons. The average molecular weight is 276 g/mol. The number of nitrogens with zero attached hydrogens (tertiary/aromatic N) is 1. The molecule has 19 heavy (non-hydrogen) atoms. The van der Waals surface area contributed by atoms with E-state index >= 15 is 0 Å². The summed E-state index contributed by atoms with van der Waals surface area (Å²) in [6.07, 6.45) is 5.21. The van der Waals surface area contributed by atoms with E-state index in [1.165, 1.54) is 25.7 Å². The molecule has 1 heterocycles. The van der Waals surface area contributed by atoms with Crippen molar-refractivity contribution in [2.24, 2.45) is 5.41 Å². The van der Waals surface area contributed by atoms with Gasteiger partial charge < -0.3 is 14.3 Å². The molecular formula is C15H20N2OS. The smallest absolute Gasteiger partial charge is 0.178 e. The lowest BCUT2D eigenvalue weighted by Crippen LogP contribution is -2.11. The zero-order valence-corrected chi connectivity index (χ0v) is 12.3. The second-order valence-electron chi connectivity index (χ2n) is 5.62. The Morgan fingerprint density at radius 3 is 2.84 bits per heavy atom. The predicted molar refractivity (Wildman–Crippen MR) is 80.2 cm³/mol.